The van der Waals surface area contributed by atoms with Gasteiger partial charge in [-0.2, -0.15) is 13.2 Å². The van der Waals surface area contributed by atoms with Gasteiger partial charge < -0.3 is 20.7 Å². The summed E-state index contributed by atoms with van der Waals surface area (Å²) in [6.45, 7) is 3.77. The Morgan fingerprint density at radius 1 is 1.12 bits per heavy atom. The molecule has 0 atom stereocenters. The topological polar surface area (TPSA) is 74.8 Å². The molecule has 0 saturated heterocycles. The van der Waals surface area contributed by atoms with Crippen molar-refractivity contribution in [3.63, 3.8) is 0 Å². The molecule has 0 fully saturated rings. The summed E-state index contributed by atoms with van der Waals surface area (Å²) >= 11 is 0. The van der Waals surface area contributed by atoms with Crippen molar-refractivity contribution in [3.8, 4) is 5.75 Å². The normalized spacial score (nSPS) is 12.0. The van der Waals surface area contributed by atoms with Gasteiger partial charge in [-0.05, 0) is 17.7 Å². The summed E-state index contributed by atoms with van der Waals surface area (Å²) in [6.07, 6.45) is -4.35. The lowest BCUT2D eigenvalue weighted by atomic mass is 10.2. The molecule has 0 heterocycles. The van der Waals surface area contributed by atoms with Crippen molar-refractivity contribution < 1.29 is 22.7 Å². The van der Waals surface area contributed by atoms with Crippen molar-refractivity contribution in [1.29, 1.82) is 0 Å². The number of carbonyl (C=O) groups excluding carboxylic acids is 1. The van der Waals surface area contributed by atoms with Crippen LogP contribution in [0.2, 0.25) is 0 Å². The molecule has 6 nitrogen and oxygen atoms in total. The van der Waals surface area contributed by atoms with Crippen molar-refractivity contribution in [2.75, 3.05) is 26.7 Å². The van der Waals surface area contributed by atoms with E-state index in [9.17, 15) is 18.0 Å². The van der Waals surface area contributed by atoms with E-state index < -0.39 is 12.8 Å². The van der Waals surface area contributed by atoms with Crippen molar-refractivity contribution in [2.45, 2.75) is 26.6 Å². The first kappa shape index (κ1) is 21.6. The smallest absolute Gasteiger partial charge is 0.422 e. The van der Waals surface area contributed by atoms with E-state index in [2.05, 4.69) is 25.7 Å². The Kier molecular flexibility index (Phi) is 8.74. The van der Waals surface area contributed by atoms with Gasteiger partial charge in [0, 0.05) is 32.6 Å². The number of ether oxygens (including phenoxy) is 1. The molecule has 9 heteroatoms. The molecular weight excluding hydrogens is 349 g/mol. The number of nitrogens with one attached hydrogen (secondary N) is 3. The van der Waals surface area contributed by atoms with Gasteiger partial charge in [0.25, 0.3) is 0 Å². The molecule has 1 rings (SSSR count). The molecule has 1 aromatic rings. The summed E-state index contributed by atoms with van der Waals surface area (Å²) in [5.74, 6) is 0.647. The van der Waals surface area contributed by atoms with Gasteiger partial charge in [0.2, 0.25) is 5.91 Å². The van der Waals surface area contributed by atoms with Gasteiger partial charge in [-0.15, -0.1) is 0 Å². The second-order valence-corrected chi connectivity index (χ2v) is 5.85. The zero-order valence-electron chi connectivity index (χ0n) is 15.1. The van der Waals surface area contributed by atoms with Crippen LogP contribution in [-0.2, 0) is 11.3 Å². The molecule has 26 heavy (non-hydrogen) atoms. The van der Waals surface area contributed by atoms with Crippen LogP contribution in [0.3, 0.4) is 0 Å². The number of alkyl halides is 3. The molecule has 0 bridgehead atoms. The number of amides is 1. The maximum Gasteiger partial charge on any atom is 0.422 e. The number of benzene rings is 1. The lowest BCUT2D eigenvalue weighted by Crippen LogP contribution is -2.41. The van der Waals surface area contributed by atoms with E-state index in [0.29, 0.717) is 25.6 Å². The number of halogens is 3. The zero-order valence-corrected chi connectivity index (χ0v) is 15.1. The predicted octanol–water partition coefficient (Wildman–Crippen LogP) is 2.06. The molecule has 0 aliphatic heterocycles. The summed E-state index contributed by atoms with van der Waals surface area (Å²) in [4.78, 5) is 15.5. The highest BCUT2D eigenvalue weighted by Crippen LogP contribution is 2.18. The summed E-state index contributed by atoms with van der Waals surface area (Å²) in [6, 6.07) is 6.32. The highest BCUT2D eigenvalue weighted by molar-refractivity contribution is 5.80. The largest absolute Gasteiger partial charge is 0.484 e. The minimum absolute atomic E-state index is 0.0115. The number of guanidine groups is 1. The number of aliphatic imine (C=N–C) groups is 1. The third-order valence-electron chi connectivity index (χ3n) is 3.25. The maximum atomic E-state index is 12.1. The molecule has 0 unspecified atom stereocenters. The summed E-state index contributed by atoms with van der Waals surface area (Å²) in [7, 11) is 1.62. The average molecular weight is 374 g/mol. The molecule has 0 spiro atoms. The van der Waals surface area contributed by atoms with E-state index in [1.165, 1.54) is 12.1 Å². The minimum Gasteiger partial charge on any atom is -0.484 e. The van der Waals surface area contributed by atoms with Crippen LogP contribution < -0.4 is 20.7 Å². The molecule has 1 aromatic carbocycles. The van der Waals surface area contributed by atoms with Crippen LogP contribution in [0.5, 0.6) is 5.75 Å². The third kappa shape index (κ3) is 9.14. The van der Waals surface area contributed by atoms with Gasteiger partial charge in [0.05, 0.1) is 0 Å². The fraction of sp³-hybridized carbons (Fsp3) is 0.529. The van der Waals surface area contributed by atoms with Gasteiger partial charge in [-0.25, -0.2) is 0 Å². The van der Waals surface area contributed by atoms with E-state index in [-0.39, 0.29) is 17.6 Å². The SMILES string of the molecule is CN=C(NCCNC(=O)C(C)C)NCc1ccc(OCC(F)(F)F)cc1. The van der Waals surface area contributed by atoms with Crippen molar-refractivity contribution in [1.82, 2.24) is 16.0 Å². The number of rotatable bonds is 8. The average Bonchev–Trinajstić information content (AvgIpc) is 2.59. The standard InChI is InChI=1S/C17H25F3N4O2/c1-12(2)15(25)22-8-9-23-16(21-3)24-10-13-4-6-14(7-5-13)26-11-17(18,19)20/h4-7,12H,8-11H2,1-3H3,(H,22,25)(H2,21,23,24). The third-order valence-corrected chi connectivity index (χ3v) is 3.25. The molecule has 3 N–H and O–H groups in total. The van der Waals surface area contributed by atoms with Crippen LogP contribution in [0.15, 0.2) is 29.3 Å². The molecule has 0 radical (unpaired) electrons. The van der Waals surface area contributed by atoms with Crippen LogP contribution >= 0.6 is 0 Å². The van der Waals surface area contributed by atoms with Gasteiger partial charge in [-0.3, -0.25) is 9.79 Å². The first-order valence-electron chi connectivity index (χ1n) is 8.22. The molecule has 1 amide bonds. The fourth-order valence-corrected chi connectivity index (χ4v) is 1.85. The lowest BCUT2D eigenvalue weighted by molar-refractivity contribution is -0.153. The summed E-state index contributed by atoms with van der Waals surface area (Å²) in [5, 5.41) is 8.92. The van der Waals surface area contributed by atoms with Gasteiger partial charge in [-0.1, -0.05) is 26.0 Å². The fourth-order valence-electron chi connectivity index (χ4n) is 1.85. The Morgan fingerprint density at radius 2 is 1.73 bits per heavy atom. The van der Waals surface area contributed by atoms with E-state index in [1.54, 1.807) is 19.2 Å². The Labute approximate surface area is 151 Å². The van der Waals surface area contributed by atoms with Crippen LogP contribution in [0.25, 0.3) is 0 Å². The van der Waals surface area contributed by atoms with E-state index in [0.717, 1.165) is 5.56 Å². The molecular formula is C17H25F3N4O2. The monoisotopic (exact) mass is 374 g/mol. The highest BCUT2D eigenvalue weighted by atomic mass is 19.4. The second kappa shape index (κ2) is 10.5. The predicted molar refractivity (Wildman–Crippen MR) is 94.0 cm³/mol. The van der Waals surface area contributed by atoms with Crippen LogP contribution in [-0.4, -0.2) is 44.8 Å². The summed E-state index contributed by atoms with van der Waals surface area (Å²) in [5.41, 5.74) is 0.861. The quantitative estimate of drug-likeness (QED) is 0.370. The maximum absolute atomic E-state index is 12.1. The molecule has 0 aliphatic rings. The van der Waals surface area contributed by atoms with E-state index >= 15 is 0 Å². The number of hydrogen-bond acceptors (Lipinski definition) is 3. The Bertz CT molecular complexity index is 587. The summed E-state index contributed by atoms with van der Waals surface area (Å²) < 4.78 is 41.0. The van der Waals surface area contributed by atoms with Gasteiger partial charge in [0.1, 0.15) is 5.75 Å². The highest BCUT2D eigenvalue weighted by Gasteiger charge is 2.28. The molecule has 0 aliphatic carbocycles. The Balaban J connectivity index is 2.33. The number of nitrogens with zero attached hydrogens (tertiary/aromatic N) is 1. The molecule has 146 valence electrons. The first-order chi connectivity index (χ1) is 12.2. The van der Waals surface area contributed by atoms with Crippen LogP contribution in [0.1, 0.15) is 19.4 Å². The first-order valence-corrected chi connectivity index (χ1v) is 8.22. The Hall–Kier alpha value is -2.45. The van der Waals surface area contributed by atoms with Crippen molar-refractivity contribution in [2.24, 2.45) is 10.9 Å². The van der Waals surface area contributed by atoms with Crippen LogP contribution in [0.4, 0.5) is 13.2 Å². The van der Waals surface area contributed by atoms with Crippen LogP contribution in [0, 0.1) is 5.92 Å². The minimum atomic E-state index is -4.35. The van der Waals surface area contributed by atoms with E-state index in [4.69, 9.17) is 0 Å². The molecule has 0 aromatic heterocycles. The van der Waals surface area contributed by atoms with Gasteiger partial charge >= 0.3 is 6.18 Å². The van der Waals surface area contributed by atoms with Gasteiger partial charge in [0.15, 0.2) is 12.6 Å². The second-order valence-electron chi connectivity index (χ2n) is 5.85. The zero-order chi connectivity index (χ0) is 19.6. The lowest BCUT2D eigenvalue weighted by Gasteiger charge is -2.13. The van der Waals surface area contributed by atoms with E-state index in [1.807, 2.05) is 13.8 Å². The number of carbonyl (C=O) groups is 1. The van der Waals surface area contributed by atoms with Crippen molar-refractivity contribution in [3.05, 3.63) is 29.8 Å². The Morgan fingerprint density at radius 3 is 2.27 bits per heavy atom. The molecule has 0 saturated carbocycles. The number of hydrogen-bond donors (Lipinski definition) is 3. The van der Waals surface area contributed by atoms with Crippen molar-refractivity contribution >= 4 is 11.9 Å².